The minimum Gasteiger partial charge on any atom is -0.399 e. The predicted octanol–water partition coefficient (Wildman–Crippen LogP) is 1.12. The molecule has 0 bridgehead atoms. The lowest BCUT2D eigenvalue weighted by Crippen LogP contribution is -2.17. The van der Waals surface area contributed by atoms with Gasteiger partial charge < -0.3 is 10.6 Å². The summed E-state index contributed by atoms with van der Waals surface area (Å²) in [4.78, 5) is 6.19. The van der Waals surface area contributed by atoms with Crippen molar-refractivity contribution in [3.05, 3.63) is 18.3 Å². The fourth-order valence-corrected chi connectivity index (χ4v) is 0.805. The fourth-order valence-electron chi connectivity index (χ4n) is 0.805. The lowest BCUT2D eigenvalue weighted by Gasteiger charge is -2.14. The van der Waals surface area contributed by atoms with Crippen LogP contribution in [0.15, 0.2) is 18.3 Å². The van der Waals surface area contributed by atoms with Gasteiger partial charge in [0.25, 0.3) is 0 Å². The van der Waals surface area contributed by atoms with E-state index in [2.05, 4.69) is 11.9 Å². The first kappa shape index (κ1) is 7.85. The second-order valence-electron chi connectivity index (χ2n) is 2.46. The molecular formula is C8H13N3. The molecule has 0 saturated heterocycles. The Morgan fingerprint density at radius 1 is 1.64 bits per heavy atom. The Hall–Kier alpha value is -1.25. The first-order chi connectivity index (χ1) is 5.24. The van der Waals surface area contributed by atoms with Gasteiger partial charge in [0, 0.05) is 31.5 Å². The van der Waals surface area contributed by atoms with Gasteiger partial charge in [0.2, 0.25) is 0 Å². The van der Waals surface area contributed by atoms with Gasteiger partial charge in [-0.3, -0.25) is 0 Å². The smallest absolute Gasteiger partial charge is 0.130 e. The van der Waals surface area contributed by atoms with Gasteiger partial charge in [0.15, 0.2) is 0 Å². The van der Waals surface area contributed by atoms with Gasteiger partial charge in [0.05, 0.1) is 0 Å². The van der Waals surface area contributed by atoms with Gasteiger partial charge in [-0.25, -0.2) is 4.98 Å². The summed E-state index contributed by atoms with van der Waals surface area (Å²) in [6.07, 6.45) is 1.72. The quantitative estimate of drug-likeness (QED) is 0.688. The molecule has 1 aromatic heterocycles. The van der Waals surface area contributed by atoms with Crippen LogP contribution in [-0.4, -0.2) is 18.6 Å². The van der Waals surface area contributed by atoms with Crippen molar-refractivity contribution in [2.45, 2.75) is 6.92 Å². The van der Waals surface area contributed by atoms with Crippen LogP contribution < -0.4 is 10.6 Å². The van der Waals surface area contributed by atoms with E-state index < -0.39 is 0 Å². The van der Waals surface area contributed by atoms with Crippen molar-refractivity contribution in [3.63, 3.8) is 0 Å². The van der Waals surface area contributed by atoms with Crippen LogP contribution >= 0.6 is 0 Å². The molecular weight excluding hydrogens is 138 g/mol. The molecule has 0 aliphatic heterocycles. The molecule has 0 aliphatic rings. The van der Waals surface area contributed by atoms with E-state index >= 15 is 0 Å². The Bertz CT molecular complexity index is 235. The molecule has 1 rings (SSSR count). The summed E-state index contributed by atoms with van der Waals surface area (Å²) >= 11 is 0. The number of nitrogens with zero attached hydrogens (tertiary/aromatic N) is 2. The maximum atomic E-state index is 5.58. The third-order valence-electron chi connectivity index (χ3n) is 1.63. The third kappa shape index (κ3) is 1.83. The molecule has 3 nitrogen and oxygen atoms in total. The van der Waals surface area contributed by atoms with Crippen LogP contribution in [0, 0.1) is 0 Å². The van der Waals surface area contributed by atoms with E-state index in [0.29, 0.717) is 0 Å². The average Bonchev–Trinajstić information content (AvgIpc) is 2.03. The molecule has 3 heteroatoms. The number of hydrogen-bond acceptors (Lipinski definition) is 3. The van der Waals surface area contributed by atoms with Crippen LogP contribution in [0.3, 0.4) is 0 Å². The molecule has 0 amide bonds. The van der Waals surface area contributed by atoms with E-state index in [9.17, 15) is 0 Å². The number of pyridine rings is 1. The van der Waals surface area contributed by atoms with E-state index in [1.807, 2.05) is 18.0 Å². The molecule has 0 radical (unpaired) electrons. The largest absolute Gasteiger partial charge is 0.399 e. The van der Waals surface area contributed by atoms with Gasteiger partial charge in [-0.05, 0) is 13.0 Å². The van der Waals surface area contributed by atoms with Gasteiger partial charge in [0.1, 0.15) is 5.82 Å². The Labute approximate surface area is 66.8 Å². The molecule has 0 fully saturated rings. The van der Waals surface area contributed by atoms with E-state index in [4.69, 9.17) is 5.73 Å². The Morgan fingerprint density at radius 2 is 2.36 bits per heavy atom. The normalized spacial score (nSPS) is 9.64. The van der Waals surface area contributed by atoms with Gasteiger partial charge >= 0.3 is 0 Å². The van der Waals surface area contributed by atoms with Gasteiger partial charge in [-0.2, -0.15) is 0 Å². The van der Waals surface area contributed by atoms with Crippen molar-refractivity contribution < 1.29 is 0 Å². The summed E-state index contributed by atoms with van der Waals surface area (Å²) in [7, 11) is 1.99. The summed E-state index contributed by atoms with van der Waals surface area (Å²) in [5.41, 5.74) is 6.34. The summed E-state index contributed by atoms with van der Waals surface area (Å²) in [6.45, 7) is 3.02. The third-order valence-corrected chi connectivity index (χ3v) is 1.63. The SMILES string of the molecule is CCN(C)c1cc(N)ccn1. The summed E-state index contributed by atoms with van der Waals surface area (Å²) in [5, 5.41) is 0. The van der Waals surface area contributed by atoms with Crippen LogP contribution in [-0.2, 0) is 0 Å². The molecule has 0 unspecified atom stereocenters. The number of nitrogen functional groups attached to an aromatic ring is 1. The molecule has 0 aromatic carbocycles. The molecule has 0 atom stereocenters. The molecule has 1 aromatic rings. The Kier molecular flexibility index (Phi) is 2.31. The van der Waals surface area contributed by atoms with Crippen LogP contribution in [0.5, 0.6) is 0 Å². The first-order valence-electron chi connectivity index (χ1n) is 3.66. The molecule has 2 N–H and O–H groups in total. The van der Waals surface area contributed by atoms with E-state index in [1.54, 1.807) is 12.3 Å². The minimum atomic E-state index is 0.760. The van der Waals surface area contributed by atoms with Crippen LogP contribution in [0.25, 0.3) is 0 Å². The highest BCUT2D eigenvalue weighted by Gasteiger charge is 1.97. The summed E-state index contributed by atoms with van der Waals surface area (Å²) < 4.78 is 0. The molecule has 11 heavy (non-hydrogen) atoms. The minimum absolute atomic E-state index is 0.760. The summed E-state index contributed by atoms with van der Waals surface area (Å²) in [5.74, 6) is 0.924. The number of nitrogens with two attached hydrogens (primary N) is 1. The number of rotatable bonds is 2. The predicted molar refractivity (Wildman–Crippen MR) is 47.6 cm³/mol. The standard InChI is InChI=1S/C8H13N3/c1-3-11(2)8-6-7(9)4-5-10-8/h4-6H,3H2,1-2H3,(H2,9,10). The zero-order valence-electron chi connectivity index (χ0n) is 6.91. The lowest BCUT2D eigenvalue weighted by atomic mass is 10.4. The fraction of sp³-hybridized carbons (Fsp3) is 0.375. The number of aromatic nitrogens is 1. The number of hydrogen-bond donors (Lipinski definition) is 1. The highest BCUT2D eigenvalue weighted by Crippen LogP contribution is 2.11. The maximum Gasteiger partial charge on any atom is 0.130 e. The van der Waals surface area contributed by atoms with E-state index in [1.165, 1.54) is 0 Å². The maximum absolute atomic E-state index is 5.58. The average molecular weight is 151 g/mol. The van der Waals surface area contributed by atoms with Gasteiger partial charge in [-0.15, -0.1) is 0 Å². The zero-order chi connectivity index (χ0) is 8.27. The van der Waals surface area contributed by atoms with Crippen molar-refractivity contribution >= 4 is 11.5 Å². The highest BCUT2D eigenvalue weighted by molar-refractivity contribution is 5.49. The second-order valence-corrected chi connectivity index (χ2v) is 2.46. The van der Waals surface area contributed by atoms with E-state index in [0.717, 1.165) is 18.1 Å². The first-order valence-corrected chi connectivity index (χ1v) is 3.66. The molecule has 0 saturated carbocycles. The zero-order valence-corrected chi connectivity index (χ0v) is 6.91. The van der Waals surface area contributed by atoms with Crippen molar-refractivity contribution in [2.75, 3.05) is 24.2 Å². The molecule has 1 heterocycles. The number of anilines is 2. The van der Waals surface area contributed by atoms with E-state index in [-0.39, 0.29) is 0 Å². The lowest BCUT2D eigenvalue weighted by molar-refractivity contribution is 0.939. The molecule has 0 aliphatic carbocycles. The van der Waals surface area contributed by atoms with Gasteiger partial charge in [-0.1, -0.05) is 0 Å². The van der Waals surface area contributed by atoms with Crippen molar-refractivity contribution in [1.29, 1.82) is 0 Å². The summed E-state index contributed by atoms with van der Waals surface area (Å²) in [6, 6.07) is 3.65. The van der Waals surface area contributed by atoms with Crippen molar-refractivity contribution in [2.24, 2.45) is 0 Å². The molecule has 0 spiro atoms. The monoisotopic (exact) mass is 151 g/mol. The topological polar surface area (TPSA) is 42.1 Å². The Morgan fingerprint density at radius 3 is 2.91 bits per heavy atom. The van der Waals surface area contributed by atoms with Crippen LogP contribution in [0.1, 0.15) is 6.92 Å². The highest BCUT2D eigenvalue weighted by atomic mass is 15.1. The van der Waals surface area contributed by atoms with Crippen LogP contribution in [0.2, 0.25) is 0 Å². The van der Waals surface area contributed by atoms with Crippen molar-refractivity contribution in [3.8, 4) is 0 Å². The van der Waals surface area contributed by atoms with Crippen LogP contribution in [0.4, 0.5) is 11.5 Å². The Balaban J connectivity index is 2.86. The molecule has 60 valence electrons. The van der Waals surface area contributed by atoms with Crippen molar-refractivity contribution in [1.82, 2.24) is 4.98 Å². The second kappa shape index (κ2) is 3.23.